The Bertz CT molecular complexity index is 872. The fraction of sp³-hybridized carbons (Fsp3) is 0.167. The van der Waals surface area contributed by atoms with Crippen molar-refractivity contribution in [3.8, 4) is 0 Å². The van der Waals surface area contributed by atoms with Crippen LogP contribution in [0.3, 0.4) is 0 Å². The van der Waals surface area contributed by atoms with E-state index in [4.69, 9.17) is 0 Å². The summed E-state index contributed by atoms with van der Waals surface area (Å²) in [6, 6.07) is 17.2. The quantitative estimate of drug-likeness (QED) is 0.781. The van der Waals surface area contributed by atoms with Gasteiger partial charge in [-0.15, -0.1) is 0 Å². The first-order valence-corrected chi connectivity index (χ1v) is 7.49. The molecule has 0 radical (unpaired) electrons. The lowest BCUT2D eigenvalue weighted by molar-refractivity contribution is -0.121. The number of amides is 1. The van der Waals surface area contributed by atoms with Crippen LogP contribution < -0.4 is 10.9 Å². The Morgan fingerprint density at radius 3 is 2.61 bits per heavy atom. The summed E-state index contributed by atoms with van der Waals surface area (Å²) in [5.41, 5.74) is 2.25. The van der Waals surface area contributed by atoms with Crippen LogP contribution in [0.1, 0.15) is 5.56 Å². The van der Waals surface area contributed by atoms with Crippen LogP contribution in [0.5, 0.6) is 0 Å². The minimum Gasteiger partial charge on any atom is -0.354 e. The zero-order chi connectivity index (χ0) is 16.1. The van der Waals surface area contributed by atoms with Crippen LogP contribution in [-0.2, 0) is 17.8 Å². The molecule has 5 nitrogen and oxygen atoms in total. The number of nitrogens with zero attached hydrogens (tertiary/aromatic N) is 2. The zero-order valence-corrected chi connectivity index (χ0v) is 12.6. The summed E-state index contributed by atoms with van der Waals surface area (Å²) < 4.78 is 1.44. The van der Waals surface area contributed by atoms with Gasteiger partial charge in [0, 0.05) is 6.54 Å². The van der Waals surface area contributed by atoms with Crippen molar-refractivity contribution in [2.75, 3.05) is 6.54 Å². The molecule has 5 heteroatoms. The van der Waals surface area contributed by atoms with Crippen molar-refractivity contribution in [2.24, 2.45) is 0 Å². The van der Waals surface area contributed by atoms with Crippen LogP contribution in [0.15, 0.2) is 65.6 Å². The van der Waals surface area contributed by atoms with Gasteiger partial charge in [-0.3, -0.25) is 14.2 Å². The summed E-state index contributed by atoms with van der Waals surface area (Å²) in [7, 11) is 0. The van der Waals surface area contributed by atoms with Crippen LogP contribution in [0, 0.1) is 0 Å². The van der Waals surface area contributed by atoms with E-state index in [1.165, 1.54) is 16.3 Å². The number of carbonyl (C=O) groups excluding carboxylic acids is 1. The molecular formula is C18H17N3O2. The van der Waals surface area contributed by atoms with Crippen LogP contribution in [0.4, 0.5) is 0 Å². The number of hydrogen-bond acceptors (Lipinski definition) is 3. The second kappa shape index (κ2) is 6.87. The lowest BCUT2D eigenvalue weighted by Crippen LogP contribution is -2.33. The predicted octanol–water partition coefficient (Wildman–Crippen LogP) is 1.76. The Labute approximate surface area is 133 Å². The molecule has 116 valence electrons. The Hall–Kier alpha value is -2.95. The van der Waals surface area contributed by atoms with Crippen molar-refractivity contribution in [3.63, 3.8) is 0 Å². The van der Waals surface area contributed by atoms with Gasteiger partial charge in [-0.05, 0) is 24.1 Å². The van der Waals surface area contributed by atoms with E-state index in [0.29, 0.717) is 17.6 Å². The second-order valence-electron chi connectivity index (χ2n) is 5.26. The van der Waals surface area contributed by atoms with Crippen LogP contribution in [0.2, 0.25) is 0 Å². The molecule has 1 N–H and O–H groups in total. The minimum atomic E-state index is -0.276. The molecule has 23 heavy (non-hydrogen) atoms. The first-order valence-electron chi connectivity index (χ1n) is 7.49. The number of fused-ring (bicyclic) bond motifs is 1. The number of nitrogens with one attached hydrogen (secondary N) is 1. The molecule has 1 aromatic heterocycles. The van der Waals surface area contributed by atoms with Crippen molar-refractivity contribution in [1.29, 1.82) is 0 Å². The fourth-order valence-electron chi connectivity index (χ4n) is 2.47. The number of aromatic nitrogens is 2. The highest BCUT2D eigenvalue weighted by Crippen LogP contribution is 2.07. The molecule has 2 aromatic carbocycles. The Morgan fingerprint density at radius 1 is 1.04 bits per heavy atom. The third-order valence-corrected chi connectivity index (χ3v) is 3.63. The molecule has 0 aliphatic heterocycles. The van der Waals surface area contributed by atoms with E-state index in [1.54, 1.807) is 6.07 Å². The molecule has 3 rings (SSSR count). The smallest absolute Gasteiger partial charge is 0.269 e. The average Bonchev–Trinajstić information content (AvgIpc) is 2.58. The molecule has 0 atom stereocenters. The molecule has 0 saturated carbocycles. The molecule has 0 unspecified atom stereocenters. The molecule has 0 bridgehead atoms. The van der Waals surface area contributed by atoms with Crippen molar-refractivity contribution in [3.05, 3.63) is 76.7 Å². The minimum absolute atomic E-state index is 0.00332. The number of carbonyl (C=O) groups is 1. The maximum absolute atomic E-state index is 12.1. The van der Waals surface area contributed by atoms with Gasteiger partial charge in [-0.1, -0.05) is 42.5 Å². The maximum atomic E-state index is 12.1. The molecule has 3 aromatic rings. The van der Waals surface area contributed by atoms with Gasteiger partial charge in [0.25, 0.3) is 5.56 Å². The molecule has 0 fully saturated rings. The SMILES string of the molecule is O=C(Cn1c(=O)cnc2ccccc21)NCCc1ccccc1. The summed E-state index contributed by atoms with van der Waals surface area (Å²) in [6.07, 6.45) is 2.01. The highest BCUT2D eigenvalue weighted by molar-refractivity contribution is 5.79. The van der Waals surface area contributed by atoms with E-state index >= 15 is 0 Å². The first-order chi connectivity index (χ1) is 11.2. The highest BCUT2D eigenvalue weighted by Gasteiger charge is 2.08. The van der Waals surface area contributed by atoms with Crippen molar-refractivity contribution in [1.82, 2.24) is 14.9 Å². The summed E-state index contributed by atoms with van der Waals surface area (Å²) in [5.74, 6) is -0.181. The van der Waals surface area contributed by atoms with Crippen LogP contribution >= 0.6 is 0 Å². The van der Waals surface area contributed by atoms with E-state index in [1.807, 2.05) is 48.5 Å². The van der Waals surface area contributed by atoms with Gasteiger partial charge in [0.15, 0.2) is 0 Å². The Kier molecular flexibility index (Phi) is 4.47. The van der Waals surface area contributed by atoms with Gasteiger partial charge in [0.1, 0.15) is 6.54 Å². The van der Waals surface area contributed by atoms with Crippen molar-refractivity contribution >= 4 is 16.9 Å². The third-order valence-electron chi connectivity index (χ3n) is 3.63. The lowest BCUT2D eigenvalue weighted by Gasteiger charge is -2.10. The fourth-order valence-corrected chi connectivity index (χ4v) is 2.47. The maximum Gasteiger partial charge on any atom is 0.269 e. The molecule has 0 spiro atoms. The van der Waals surface area contributed by atoms with Gasteiger partial charge in [-0.2, -0.15) is 0 Å². The third kappa shape index (κ3) is 3.63. The van der Waals surface area contributed by atoms with Gasteiger partial charge < -0.3 is 5.32 Å². The Balaban J connectivity index is 1.66. The van der Waals surface area contributed by atoms with Crippen molar-refractivity contribution < 1.29 is 4.79 Å². The summed E-state index contributed by atoms with van der Waals surface area (Å²) >= 11 is 0. The average molecular weight is 307 g/mol. The van der Waals surface area contributed by atoms with E-state index in [0.717, 1.165) is 6.42 Å². The monoisotopic (exact) mass is 307 g/mol. The largest absolute Gasteiger partial charge is 0.354 e. The predicted molar refractivity (Wildman–Crippen MR) is 89.2 cm³/mol. The normalized spacial score (nSPS) is 10.6. The first kappa shape index (κ1) is 15.0. The second-order valence-corrected chi connectivity index (χ2v) is 5.26. The molecule has 0 saturated heterocycles. The van der Waals surface area contributed by atoms with Crippen LogP contribution in [0.25, 0.3) is 11.0 Å². The number of benzene rings is 2. The summed E-state index contributed by atoms with van der Waals surface area (Å²) in [4.78, 5) is 28.2. The molecule has 0 aliphatic carbocycles. The van der Waals surface area contributed by atoms with Gasteiger partial charge >= 0.3 is 0 Å². The number of rotatable bonds is 5. The van der Waals surface area contributed by atoms with E-state index in [2.05, 4.69) is 10.3 Å². The summed E-state index contributed by atoms with van der Waals surface area (Å²) in [6.45, 7) is 0.539. The van der Waals surface area contributed by atoms with Crippen LogP contribution in [-0.4, -0.2) is 22.0 Å². The van der Waals surface area contributed by atoms with Gasteiger partial charge in [-0.25, -0.2) is 4.98 Å². The van der Waals surface area contributed by atoms with E-state index < -0.39 is 0 Å². The standard InChI is InChI=1S/C18H17N3O2/c22-17(19-11-10-14-6-2-1-3-7-14)13-21-16-9-5-4-8-15(16)20-12-18(21)23/h1-9,12H,10-11,13H2,(H,19,22). The number of hydrogen-bond donors (Lipinski definition) is 1. The molecule has 1 heterocycles. The van der Waals surface area contributed by atoms with Crippen molar-refractivity contribution in [2.45, 2.75) is 13.0 Å². The molecule has 0 aliphatic rings. The highest BCUT2D eigenvalue weighted by atomic mass is 16.2. The van der Waals surface area contributed by atoms with Gasteiger partial charge in [0.05, 0.1) is 17.2 Å². The Morgan fingerprint density at radius 2 is 1.78 bits per heavy atom. The topological polar surface area (TPSA) is 64.0 Å². The van der Waals surface area contributed by atoms with E-state index in [9.17, 15) is 9.59 Å². The zero-order valence-electron chi connectivity index (χ0n) is 12.6. The van der Waals surface area contributed by atoms with E-state index in [-0.39, 0.29) is 18.0 Å². The summed E-state index contributed by atoms with van der Waals surface area (Å²) in [5, 5.41) is 2.85. The van der Waals surface area contributed by atoms with Gasteiger partial charge in [0.2, 0.25) is 5.91 Å². The lowest BCUT2D eigenvalue weighted by atomic mass is 10.1. The number of para-hydroxylation sites is 2. The molecule has 1 amide bonds. The molecular weight excluding hydrogens is 290 g/mol.